The molecule has 1 aliphatic heterocycles. The Bertz CT molecular complexity index is 305. The fourth-order valence-electron chi connectivity index (χ4n) is 1.89. The molecule has 0 aliphatic carbocycles. The van der Waals surface area contributed by atoms with Gasteiger partial charge < -0.3 is 5.32 Å². The molecule has 0 aromatic carbocycles. The second-order valence-electron chi connectivity index (χ2n) is 4.11. The molecular weight excluding hydrogens is 206 g/mol. The Kier molecular flexibility index (Phi) is 3.70. The second-order valence-corrected chi connectivity index (χ2v) is 5.33. The normalized spacial score (nSPS) is 20.4. The number of rotatable bonds is 3. The highest BCUT2D eigenvalue weighted by atomic mass is 32.2. The van der Waals surface area contributed by atoms with E-state index in [1.807, 2.05) is 13.2 Å². The molecule has 4 heteroatoms. The smallest absolute Gasteiger partial charge is 0.0537 e. The van der Waals surface area contributed by atoms with Crippen LogP contribution in [0, 0.1) is 0 Å². The molecule has 1 unspecified atom stereocenters. The Morgan fingerprint density at radius 1 is 1.53 bits per heavy atom. The number of nitrogens with one attached hydrogen (secondary N) is 1. The van der Waals surface area contributed by atoms with Crippen LogP contribution in [0.4, 0.5) is 0 Å². The zero-order valence-corrected chi connectivity index (χ0v) is 10.3. The summed E-state index contributed by atoms with van der Waals surface area (Å²) in [6, 6.07) is 1.03. The van der Waals surface area contributed by atoms with Gasteiger partial charge in [0.2, 0.25) is 0 Å². The van der Waals surface area contributed by atoms with Crippen molar-refractivity contribution in [2.75, 3.05) is 18.6 Å². The van der Waals surface area contributed by atoms with Crippen LogP contribution >= 0.6 is 11.8 Å². The van der Waals surface area contributed by atoms with E-state index in [2.05, 4.69) is 40.0 Å². The highest BCUT2D eigenvalue weighted by Gasteiger charge is 2.17. The van der Waals surface area contributed by atoms with Gasteiger partial charge in [0.1, 0.15) is 0 Å². The molecule has 1 saturated heterocycles. The Balaban J connectivity index is 2.05. The van der Waals surface area contributed by atoms with Crippen molar-refractivity contribution in [2.45, 2.75) is 31.8 Å². The highest BCUT2D eigenvalue weighted by molar-refractivity contribution is 7.99. The van der Waals surface area contributed by atoms with Gasteiger partial charge >= 0.3 is 0 Å². The topological polar surface area (TPSA) is 29.9 Å². The Hall–Kier alpha value is -0.480. The maximum absolute atomic E-state index is 4.48. The molecule has 0 radical (unpaired) electrons. The summed E-state index contributed by atoms with van der Waals surface area (Å²) in [6.45, 7) is 2.16. The van der Waals surface area contributed by atoms with Crippen molar-refractivity contribution in [1.82, 2.24) is 15.1 Å². The first-order chi connectivity index (χ1) is 7.31. The zero-order chi connectivity index (χ0) is 10.7. The molecule has 3 nitrogen and oxygen atoms in total. The Labute approximate surface area is 95.6 Å². The standard InChI is InChI=1S/C11H19N3S/c1-9(12-2)10-7-13-14(8-10)11-3-5-15-6-4-11/h7-9,11-12H,3-6H2,1-2H3. The molecule has 1 fully saturated rings. The molecule has 1 aromatic rings. The van der Waals surface area contributed by atoms with Crippen molar-refractivity contribution in [1.29, 1.82) is 0 Å². The zero-order valence-electron chi connectivity index (χ0n) is 9.44. The van der Waals surface area contributed by atoms with E-state index in [1.54, 1.807) is 0 Å². The van der Waals surface area contributed by atoms with Crippen molar-refractivity contribution in [3.05, 3.63) is 18.0 Å². The average Bonchev–Trinajstić information content (AvgIpc) is 2.78. The fraction of sp³-hybridized carbons (Fsp3) is 0.727. The molecule has 0 saturated carbocycles. The summed E-state index contributed by atoms with van der Waals surface area (Å²) in [6.07, 6.45) is 6.71. The minimum absolute atomic E-state index is 0.400. The Morgan fingerprint density at radius 2 is 2.27 bits per heavy atom. The molecule has 1 aliphatic rings. The van der Waals surface area contributed by atoms with E-state index in [0.717, 1.165) is 0 Å². The lowest BCUT2D eigenvalue weighted by atomic mass is 10.1. The summed E-state index contributed by atoms with van der Waals surface area (Å²) < 4.78 is 2.16. The van der Waals surface area contributed by atoms with Crippen LogP contribution in [-0.2, 0) is 0 Å². The summed E-state index contributed by atoms with van der Waals surface area (Å²) >= 11 is 2.06. The fourth-order valence-corrected chi connectivity index (χ4v) is 2.97. The first kappa shape index (κ1) is 11.0. The van der Waals surface area contributed by atoms with Gasteiger partial charge in [-0.3, -0.25) is 4.68 Å². The SMILES string of the molecule is CNC(C)c1cnn(C2CCSCC2)c1. The Morgan fingerprint density at radius 3 is 2.93 bits per heavy atom. The lowest BCUT2D eigenvalue weighted by Gasteiger charge is -2.21. The van der Waals surface area contributed by atoms with Gasteiger partial charge in [-0.2, -0.15) is 16.9 Å². The second kappa shape index (κ2) is 5.03. The summed E-state index contributed by atoms with van der Waals surface area (Å²) in [5.74, 6) is 2.56. The quantitative estimate of drug-likeness (QED) is 0.855. The van der Waals surface area contributed by atoms with Gasteiger partial charge in [-0.25, -0.2) is 0 Å². The van der Waals surface area contributed by atoms with E-state index in [1.165, 1.54) is 29.9 Å². The van der Waals surface area contributed by atoms with Crippen LogP contribution in [0.1, 0.15) is 37.4 Å². The monoisotopic (exact) mass is 225 g/mol. The minimum Gasteiger partial charge on any atom is -0.313 e. The molecule has 1 N–H and O–H groups in total. The van der Waals surface area contributed by atoms with Gasteiger partial charge in [0.05, 0.1) is 12.2 Å². The number of hydrogen-bond donors (Lipinski definition) is 1. The van der Waals surface area contributed by atoms with Gasteiger partial charge in [0.25, 0.3) is 0 Å². The van der Waals surface area contributed by atoms with Crippen LogP contribution in [0.15, 0.2) is 12.4 Å². The van der Waals surface area contributed by atoms with Crippen LogP contribution in [0.5, 0.6) is 0 Å². The molecule has 0 amide bonds. The first-order valence-electron chi connectivity index (χ1n) is 5.60. The molecule has 2 heterocycles. The van der Waals surface area contributed by atoms with Crippen molar-refractivity contribution in [3.63, 3.8) is 0 Å². The molecular formula is C11H19N3S. The van der Waals surface area contributed by atoms with E-state index in [-0.39, 0.29) is 0 Å². The lowest BCUT2D eigenvalue weighted by molar-refractivity contribution is 0.426. The van der Waals surface area contributed by atoms with Crippen molar-refractivity contribution in [3.8, 4) is 0 Å². The number of hydrogen-bond acceptors (Lipinski definition) is 3. The van der Waals surface area contributed by atoms with Gasteiger partial charge in [-0.05, 0) is 38.3 Å². The van der Waals surface area contributed by atoms with Gasteiger partial charge in [0.15, 0.2) is 0 Å². The maximum Gasteiger partial charge on any atom is 0.0537 e. The largest absolute Gasteiger partial charge is 0.313 e. The number of aromatic nitrogens is 2. The van der Waals surface area contributed by atoms with Gasteiger partial charge in [-0.15, -0.1) is 0 Å². The molecule has 1 atom stereocenters. The highest BCUT2D eigenvalue weighted by Crippen LogP contribution is 2.27. The van der Waals surface area contributed by atoms with Crippen LogP contribution < -0.4 is 5.32 Å². The van der Waals surface area contributed by atoms with Crippen LogP contribution in [0.2, 0.25) is 0 Å². The predicted octanol–water partition coefficient (Wildman–Crippen LogP) is 2.23. The van der Waals surface area contributed by atoms with Crippen LogP contribution in [0.3, 0.4) is 0 Å². The molecule has 15 heavy (non-hydrogen) atoms. The van der Waals surface area contributed by atoms with E-state index >= 15 is 0 Å². The summed E-state index contributed by atoms with van der Waals surface area (Å²) in [4.78, 5) is 0. The average molecular weight is 225 g/mol. The van der Waals surface area contributed by atoms with Gasteiger partial charge in [-0.1, -0.05) is 0 Å². The van der Waals surface area contributed by atoms with Gasteiger partial charge in [0, 0.05) is 17.8 Å². The molecule has 0 spiro atoms. The first-order valence-corrected chi connectivity index (χ1v) is 6.76. The molecule has 1 aromatic heterocycles. The lowest BCUT2D eigenvalue weighted by Crippen LogP contribution is -2.16. The minimum atomic E-state index is 0.400. The van der Waals surface area contributed by atoms with E-state index in [0.29, 0.717) is 12.1 Å². The van der Waals surface area contributed by atoms with Crippen LogP contribution in [-0.4, -0.2) is 28.3 Å². The van der Waals surface area contributed by atoms with Crippen molar-refractivity contribution < 1.29 is 0 Å². The summed E-state index contributed by atoms with van der Waals surface area (Å²) in [5.41, 5.74) is 1.29. The number of nitrogens with zero attached hydrogens (tertiary/aromatic N) is 2. The third-order valence-electron chi connectivity index (χ3n) is 3.12. The third-order valence-corrected chi connectivity index (χ3v) is 4.17. The maximum atomic E-state index is 4.48. The summed E-state index contributed by atoms with van der Waals surface area (Å²) in [7, 11) is 1.99. The molecule has 2 rings (SSSR count). The molecule has 84 valence electrons. The van der Waals surface area contributed by atoms with Crippen molar-refractivity contribution in [2.24, 2.45) is 0 Å². The predicted molar refractivity (Wildman–Crippen MR) is 65.3 cm³/mol. The van der Waals surface area contributed by atoms with E-state index in [4.69, 9.17) is 0 Å². The third kappa shape index (κ3) is 2.55. The van der Waals surface area contributed by atoms with E-state index in [9.17, 15) is 0 Å². The number of thioether (sulfide) groups is 1. The van der Waals surface area contributed by atoms with Crippen molar-refractivity contribution >= 4 is 11.8 Å². The summed E-state index contributed by atoms with van der Waals surface area (Å²) in [5, 5.41) is 7.72. The van der Waals surface area contributed by atoms with E-state index < -0.39 is 0 Å². The molecule has 0 bridgehead atoms. The van der Waals surface area contributed by atoms with Crippen LogP contribution in [0.25, 0.3) is 0 Å².